The Labute approximate surface area is 162 Å². The Hall–Kier alpha value is -2.54. The lowest BCUT2D eigenvalue weighted by atomic mass is 9.92. The molecule has 1 saturated heterocycles. The van der Waals surface area contributed by atoms with Gasteiger partial charge in [0, 0.05) is 25.0 Å². The number of carbonyl (C=O) groups excluding carboxylic acids is 1. The van der Waals surface area contributed by atoms with Crippen LogP contribution in [0.1, 0.15) is 50.0 Å². The zero-order chi connectivity index (χ0) is 18.9. The van der Waals surface area contributed by atoms with E-state index in [1.54, 1.807) is 4.90 Å². The molecule has 2 aliphatic rings. The third kappa shape index (κ3) is 5.72. The minimum Gasteiger partial charge on any atom is -0.351 e. The largest absolute Gasteiger partial charge is 0.351 e. The van der Waals surface area contributed by atoms with Gasteiger partial charge in [-0.15, -0.1) is 0 Å². The lowest BCUT2D eigenvalue weighted by Gasteiger charge is -2.18. The van der Waals surface area contributed by atoms with Crippen LogP contribution in [-0.2, 0) is 4.79 Å². The monoisotopic (exact) mass is 363 g/mol. The third-order valence-corrected chi connectivity index (χ3v) is 5.73. The van der Waals surface area contributed by atoms with Crippen LogP contribution in [0.5, 0.6) is 0 Å². The number of nitriles is 1. The van der Waals surface area contributed by atoms with Crippen LogP contribution >= 0.6 is 0 Å². The van der Waals surface area contributed by atoms with Gasteiger partial charge in [-0.05, 0) is 43.6 Å². The van der Waals surface area contributed by atoms with Gasteiger partial charge in [-0.1, -0.05) is 61.0 Å². The Kier molecular flexibility index (Phi) is 7.10. The van der Waals surface area contributed by atoms with Crippen molar-refractivity contribution in [1.29, 1.82) is 5.26 Å². The first-order chi connectivity index (χ1) is 13.3. The molecule has 142 valence electrons. The Balaban J connectivity index is 1.59. The molecule has 4 heteroatoms. The van der Waals surface area contributed by atoms with Crippen molar-refractivity contribution >= 4 is 5.91 Å². The second-order valence-electron chi connectivity index (χ2n) is 7.62. The van der Waals surface area contributed by atoms with Crippen molar-refractivity contribution < 1.29 is 4.79 Å². The first kappa shape index (κ1) is 19.2. The average molecular weight is 364 g/mol. The maximum atomic E-state index is 12.7. The van der Waals surface area contributed by atoms with Crippen molar-refractivity contribution in [2.75, 3.05) is 13.1 Å². The molecule has 1 amide bonds. The molecule has 0 radical (unpaired) electrons. The van der Waals surface area contributed by atoms with E-state index in [2.05, 4.69) is 47.9 Å². The van der Waals surface area contributed by atoms with E-state index in [4.69, 9.17) is 5.26 Å². The molecule has 1 saturated carbocycles. The highest BCUT2D eigenvalue weighted by Crippen LogP contribution is 2.34. The summed E-state index contributed by atoms with van der Waals surface area (Å²) in [7, 11) is 0. The van der Waals surface area contributed by atoms with Crippen molar-refractivity contribution in [2.45, 2.75) is 50.5 Å². The summed E-state index contributed by atoms with van der Waals surface area (Å²) in [5.41, 5.74) is 1.35. The quantitative estimate of drug-likeness (QED) is 0.648. The topological polar surface area (TPSA) is 56.1 Å². The zero-order valence-corrected chi connectivity index (χ0v) is 15.9. The summed E-state index contributed by atoms with van der Waals surface area (Å²) < 4.78 is 0. The molecule has 1 aliphatic heterocycles. The average Bonchev–Trinajstić information content (AvgIpc) is 2.99. The van der Waals surface area contributed by atoms with Gasteiger partial charge in [0.2, 0.25) is 5.91 Å². The fraction of sp³-hybridized carbons (Fsp3) is 0.478. The first-order valence-corrected chi connectivity index (χ1v) is 10.1. The Morgan fingerprint density at radius 1 is 0.963 bits per heavy atom. The van der Waals surface area contributed by atoms with E-state index in [-0.39, 0.29) is 17.9 Å². The number of carbonyl (C=O) groups is 1. The van der Waals surface area contributed by atoms with Gasteiger partial charge in [-0.25, -0.2) is 0 Å². The third-order valence-electron chi connectivity index (χ3n) is 5.73. The maximum absolute atomic E-state index is 12.7. The SMILES string of the molecule is N#CN1CC[C@@H](NC(=O)C2CCCC(c3ccccccccc3)CC2)C1. The van der Waals surface area contributed by atoms with E-state index in [9.17, 15) is 4.79 Å². The van der Waals surface area contributed by atoms with Gasteiger partial charge < -0.3 is 10.2 Å². The van der Waals surface area contributed by atoms with Crippen molar-refractivity contribution in [3.05, 3.63) is 60.2 Å². The number of amides is 1. The minimum atomic E-state index is 0.105. The van der Waals surface area contributed by atoms with Crippen LogP contribution in [0.2, 0.25) is 0 Å². The van der Waals surface area contributed by atoms with Gasteiger partial charge in [-0.3, -0.25) is 4.79 Å². The van der Waals surface area contributed by atoms with Crippen LogP contribution in [0, 0.1) is 17.4 Å². The highest BCUT2D eigenvalue weighted by Gasteiger charge is 2.28. The smallest absolute Gasteiger partial charge is 0.223 e. The van der Waals surface area contributed by atoms with Gasteiger partial charge in [0.15, 0.2) is 6.19 Å². The molecule has 4 nitrogen and oxygen atoms in total. The summed E-state index contributed by atoms with van der Waals surface area (Å²) >= 11 is 0. The predicted molar refractivity (Wildman–Crippen MR) is 107 cm³/mol. The number of nitrogens with zero attached hydrogens (tertiary/aromatic N) is 2. The maximum Gasteiger partial charge on any atom is 0.223 e. The van der Waals surface area contributed by atoms with E-state index in [0.717, 1.165) is 45.1 Å². The van der Waals surface area contributed by atoms with Crippen LogP contribution in [0.15, 0.2) is 54.6 Å². The summed E-state index contributed by atoms with van der Waals surface area (Å²) in [6, 6.07) is 19.0. The highest BCUT2D eigenvalue weighted by molar-refractivity contribution is 5.79. The fourth-order valence-electron chi connectivity index (χ4n) is 4.17. The summed E-state index contributed by atoms with van der Waals surface area (Å²) in [4.78, 5) is 14.4. The van der Waals surface area contributed by atoms with Crippen LogP contribution in [-0.4, -0.2) is 29.9 Å². The van der Waals surface area contributed by atoms with Gasteiger partial charge in [0.05, 0.1) is 0 Å². The first-order valence-electron chi connectivity index (χ1n) is 10.1. The standard InChI is InChI=1S/C23H29N3O/c24-18-26-16-15-22(17-26)25-23(27)21-12-8-11-20(13-14-21)19-9-6-4-2-1-3-5-7-10-19/h1-7,9-10,20-22H,8,11-17H2,(H,25,27)/t20?,21?,22-/m1/s1. The van der Waals surface area contributed by atoms with Crippen LogP contribution in [0.25, 0.3) is 0 Å². The number of rotatable bonds is 3. The summed E-state index contributed by atoms with van der Waals surface area (Å²) in [6.07, 6.45) is 8.23. The van der Waals surface area contributed by atoms with E-state index in [1.807, 2.05) is 18.2 Å². The van der Waals surface area contributed by atoms with Crippen molar-refractivity contribution in [3.8, 4) is 6.19 Å². The molecule has 1 heterocycles. The number of nitrogens with one attached hydrogen (secondary N) is 1. The summed E-state index contributed by atoms with van der Waals surface area (Å²) in [6.45, 7) is 1.41. The van der Waals surface area contributed by atoms with Crippen molar-refractivity contribution in [3.63, 3.8) is 0 Å². The van der Waals surface area contributed by atoms with Crippen LogP contribution < -0.4 is 5.32 Å². The van der Waals surface area contributed by atoms with Crippen molar-refractivity contribution in [1.82, 2.24) is 10.2 Å². The van der Waals surface area contributed by atoms with Crippen LogP contribution in [0.4, 0.5) is 0 Å². The van der Waals surface area contributed by atoms with Crippen molar-refractivity contribution in [2.24, 2.45) is 5.92 Å². The van der Waals surface area contributed by atoms with E-state index >= 15 is 0 Å². The predicted octanol–water partition coefficient (Wildman–Crippen LogP) is 4.15. The second-order valence-corrected chi connectivity index (χ2v) is 7.62. The van der Waals surface area contributed by atoms with Gasteiger partial charge >= 0.3 is 0 Å². The van der Waals surface area contributed by atoms with E-state index in [1.165, 1.54) is 5.56 Å². The molecular weight excluding hydrogens is 334 g/mol. The molecule has 2 fully saturated rings. The second kappa shape index (κ2) is 9.97. The molecule has 0 bridgehead atoms. The van der Waals surface area contributed by atoms with Gasteiger partial charge in [0.25, 0.3) is 0 Å². The summed E-state index contributed by atoms with van der Waals surface area (Å²) in [5, 5.41) is 12.1. The Bertz CT molecular complexity index is 701. The molecule has 2 unspecified atom stereocenters. The molecule has 1 aromatic carbocycles. The number of hydrogen-bond donors (Lipinski definition) is 1. The minimum absolute atomic E-state index is 0.105. The normalized spacial score (nSPS) is 25.0. The molecule has 27 heavy (non-hydrogen) atoms. The lowest BCUT2D eigenvalue weighted by Crippen LogP contribution is -2.40. The Morgan fingerprint density at radius 2 is 1.67 bits per heavy atom. The van der Waals surface area contributed by atoms with Gasteiger partial charge in [0.1, 0.15) is 0 Å². The molecular formula is C23H29N3O. The molecule has 1 aromatic rings. The molecule has 3 rings (SSSR count). The number of hydrogen-bond acceptors (Lipinski definition) is 3. The fourth-order valence-corrected chi connectivity index (χ4v) is 4.17. The highest BCUT2D eigenvalue weighted by atomic mass is 16.1. The molecule has 0 spiro atoms. The molecule has 1 aliphatic carbocycles. The Morgan fingerprint density at radius 3 is 2.33 bits per heavy atom. The molecule has 0 aromatic heterocycles. The van der Waals surface area contributed by atoms with Gasteiger partial charge in [-0.2, -0.15) is 5.26 Å². The zero-order valence-electron chi connectivity index (χ0n) is 15.9. The van der Waals surface area contributed by atoms with Crippen LogP contribution in [0.3, 0.4) is 0 Å². The molecule has 3 atom stereocenters. The summed E-state index contributed by atoms with van der Waals surface area (Å²) in [5.74, 6) is 0.804. The lowest BCUT2D eigenvalue weighted by molar-refractivity contribution is -0.126. The molecule has 1 N–H and O–H groups in total. The number of likely N-dealkylation sites (tertiary alicyclic amines) is 1. The van der Waals surface area contributed by atoms with E-state index in [0.29, 0.717) is 12.5 Å². The van der Waals surface area contributed by atoms with E-state index < -0.39 is 0 Å².